The number of esters is 2. The molecule has 2 atom stereocenters. The van der Waals surface area contributed by atoms with Crippen molar-refractivity contribution in [3.8, 4) is 5.75 Å². The average molecular weight is 550 g/mol. The summed E-state index contributed by atoms with van der Waals surface area (Å²) < 4.78 is 45.7. The summed E-state index contributed by atoms with van der Waals surface area (Å²) in [4.78, 5) is 27.2. The Morgan fingerprint density at radius 2 is 1.44 bits per heavy atom. The van der Waals surface area contributed by atoms with Gasteiger partial charge in [-0.3, -0.25) is 9.59 Å². The maximum absolute atomic E-state index is 14.4. The maximum Gasteiger partial charge on any atom is 0.325 e. The summed E-state index contributed by atoms with van der Waals surface area (Å²) in [6, 6.07) is 19.7. The van der Waals surface area contributed by atoms with Crippen molar-refractivity contribution in [2.24, 2.45) is 5.41 Å². The molecule has 204 valence electrons. The van der Waals surface area contributed by atoms with Crippen LogP contribution < -0.4 is 4.74 Å². The molecular weight excluding hydrogens is 518 g/mol. The molecule has 0 radical (unpaired) electrons. The van der Waals surface area contributed by atoms with Crippen LogP contribution in [0, 0.1) is 12.3 Å². The Hall–Kier alpha value is -3.95. The van der Waals surface area contributed by atoms with E-state index in [0.717, 1.165) is 5.56 Å². The molecule has 1 heterocycles. The van der Waals surface area contributed by atoms with Crippen molar-refractivity contribution in [3.05, 3.63) is 102 Å². The van der Waals surface area contributed by atoms with Gasteiger partial charge in [-0.15, -0.1) is 0 Å². The van der Waals surface area contributed by atoms with E-state index in [1.165, 1.54) is 30.7 Å². The number of rotatable bonds is 8. The van der Waals surface area contributed by atoms with E-state index in [1.54, 1.807) is 73.8 Å². The SMILES string of the molecule is C=C(c1ccc(OC)cc1)[C@H]1CC(C(=O)OC)(C(=O)OC)[C@@H](c2ccccc2)N1S(=O)(=O)c1ccc(C)cc1. The number of carbonyl (C=O) groups excluding carboxylic acids is 2. The van der Waals surface area contributed by atoms with Crippen LogP contribution in [0.25, 0.3) is 5.57 Å². The Bertz CT molecular complexity index is 1450. The first-order valence-electron chi connectivity index (χ1n) is 12.3. The lowest BCUT2D eigenvalue weighted by Gasteiger charge is -2.34. The molecule has 0 amide bonds. The minimum Gasteiger partial charge on any atom is -0.497 e. The van der Waals surface area contributed by atoms with Gasteiger partial charge in [0.1, 0.15) is 5.75 Å². The largest absolute Gasteiger partial charge is 0.497 e. The number of hydrogen-bond donors (Lipinski definition) is 0. The molecule has 1 fully saturated rings. The van der Waals surface area contributed by atoms with Gasteiger partial charge < -0.3 is 14.2 Å². The zero-order valence-corrected chi connectivity index (χ0v) is 23.1. The highest BCUT2D eigenvalue weighted by Gasteiger charge is 2.67. The predicted molar refractivity (Wildman–Crippen MR) is 146 cm³/mol. The summed E-state index contributed by atoms with van der Waals surface area (Å²) in [6.07, 6.45) is -0.234. The van der Waals surface area contributed by atoms with Gasteiger partial charge in [-0.25, -0.2) is 8.42 Å². The maximum atomic E-state index is 14.4. The van der Waals surface area contributed by atoms with Crippen molar-refractivity contribution in [2.45, 2.75) is 30.3 Å². The van der Waals surface area contributed by atoms with Gasteiger partial charge in [0.2, 0.25) is 10.0 Å². The molecule has 0 aliphatic carbocycles. The molecule has 3 aromatic rings. The van der Waals surface area contributed by atoms with E-state index >= 15 is 0 Å². The summed E-state index contributed by atoms with van der Waals surface area (Å²) in [5, 5.41) is 0. The van der Waals surface area contributed by atoms with Crippen molar-refractivity contribution in [1.82, 2.24) is 4.31 Å². The zero-order chi connectivity index (χ0) is 28.4. The molecule has 0 spiro atoms. The Morgan fingerprint density at radius 1 is 0.872 bits per heavy atom. The van der Waals surface area contributed by atoms with E-state index in [-0.39, 0.29) is 11.3 Å². The van der Waals surface area contributed by atoms with E-state index in [4.69, 9.17) is 14.2 Å². The fourth-order valence-electron chi connectivity index (χ4n) is 5.22. The second kappa shape index (κ2) is 11.0. The van der Waals surface area contributed by atoms with Crippen molar-refractivity contribution in [1.29, 1.82) is 0 Å². The number of ether oxygens (including phenoxy) is 3. The first-order valence-corrected chi connectivity index (χ1v) is 13.7. The van der Waals surface area contributed by atoms with Crippen LogP contribution in [-0.4, -0.2) is 52.0 Å². The third-order valence-corrected chi connectivity index (χ3v) is 9.11. The number of methoxy groups -OCH3 is 3. The van der Waals surface area contributed by atoms with E-state index in [9.17, 15) is 18.0 Å². The van der Waals surface area contributed by atoms with Crippen LogP contribution in [0.5, 0.6) is 5.75 Å². The number of nitrogens with zero attached hydrogens (tertiary/aromatic N) is 1. The standard InChI is InChI=1S/C30H31NO7S/c1-20-11-17-25(18-12-20)39(34,35)31-26(21(2)22-13-15-24(36-3)16-14-22)19-30(28(32)37-4,29(33)38-5)27(31)23-9-7-6-8-10-23/h6-18,26-27H,2,19H2,1,3-5H3/t26-,27-/m1/s1. The highest BCUT2D eigenvalue weighted by atomic mass is 32.2. The third-order valence-electron chi connectivity index (χ3n) is 7.22. The fraction of sp³-hybridized carbons (Fsp3) is 0.267. The van der Waals surface area contributed by atoms with Gasteiger partial charge in [0.15, 0.2) is 5.41 Å². The molecule has 0 saturated carbocycles. The summed E-state index contributed by atoms with van der Waals surface area (Å²) in [5.41, 5.74) is 0.357. The van der Waals surface area contributed by atoms with Crippen LogP contribution in [-0.2, 0) is 29.1 Å². The third kappa shape index (κ3) is 4.84. The van der Waals surface area contributed by atoms with Crippen LogP contribution in [0.2, 0.25) is 0 Å². The Kier molecular flexibility index (Phi) is 7.94. The molecule has 0 bridgehead atoms. The molecule has 39 heavy (non-hydrogen) atoms. The molecular formula is C30H31NO7S. The Morgan fingerprint density at radius 3 is 1.95 bits per heavy atom. The smallest absolute Gasteiger partial charge is 0.325 e. The van der Waals surface area contributed by atoms with Crippen LogP contribution >= 0.6 is 0 Å². The van der Waals surface area contributed by atoms with Gasteiger partial charge in [0.05, 0.1) is 38.3 Å². The van der Waals surface area contributed by atoms with Gasteiger partial charge in [-0.05, 0) is 54.3 Å². The van der Waals surface area contributed by atoms with E-state index in [2.05, 4.69) is 6.58 Å². The molecule has 9 heteroatoms. The minimum absolute atomic E-state index is 0.0205. The number of benzene rings is 3. The number of sulfonamides is 1. The number of aryl methyl sites for hydroxylation is 1. The van der Waals surface area contributed by atoms with Crippen molar-refractivity contribution < 1.29 is 32.2 Å². The molecule has 4 rings (SSSR count). The quantitative estimate of drug-likeness (QED) is 0.300. The van der Waals surface area contributed by atoms with Gasteiger partial charge in [0.25, 0.3) is 0 Å². The van der Waals surface area contributed by atoms with Crippen molar-refractivity contribution in [3.63, 3.8) is 0 Å². The second-order valence-electron chi connectivity index (χ2n) is 9.39. The van der Waals surface area contributed by atoms with Crippen molar-refractivity contribution >= 4 is 27.5 Å². The van der Waals surface area contributed by atoms with Crippen LogP contribution in [0.3, 0.4) is 0 Å². The predicted octanol–water partition coefficient (Wildman–Crippen LogP) is 4.55. The average Bonchev–Trinajstić information content (AvgIpc) is 3.35. The molecule has 0 N–H and O–H groups in total. The lowest BCUT2D eigenvalue weighted by molar-refractivity contribution is -0.170. The minimum atomic E-state index is -4.29. The highest BCUT2D eigenvalue weighted by Crippen LogP contribution is 2.56. The van der Waals surface area contributed by atoms with Crippen LogP contribution in [0.1, 0.15) is 29.2 Å². The molecule has 8 nitrogen and oxygen atoms in total. The molecule has 1 aliphatic rings. The summed E-state index contributed by atoms with van der Waals surface area (Å²) in [7, 11) is -0.414. The second-order valence-corrected chi connectivity index (χ2v) is 11.2. The topological polar surface area (TPSA) is 99.2 Å². The van der Waals surface area contributed by atoms with Gasteiger partial charge in [0, 0.05) is 0 Å². The summed E-state index contributed by atoms with van der Waals surface area (Å²) >= 11 is 0. The van der Waals surface area contributed by atoms with Gasteiger partial charge in [-0.2, -0.15) is 4.31 Å². The molecule has 1 aliphatic heterocycles. The summed E-state index contributed by atoms with van der Waals surface area (Å²) in [6.45, 7) is 6.10. The summed E-state index contributed by atoms with van der Waals surface area (Å²) in [5.74, 6) is -1.17. The molecule has 0 aromatic heterocycles. The first kappa shape index (κ1) is 28.1. The Balaban J connectivity index is 2.02. The van der Waals surface area contributed by atoms with E-state index in [0.29, 0.717) is 22.4 Å². The van der Waals surface area contributed by atoms with Crippen LogP contribution in [0.15, 0.2) is 90.3 Å². The fourth-order valence-corrected chi connectivity index (χ4v) is 7.06. The van der Waals surface area contributed by atoms with E-state index < -0.39 is 39.5 Å². The monoisotopic (exact) mass is 549 g/mol. The first-order chi connectivity index (χ1) is 18.6. The number of hydrogen-bond acceptors (Lipinski definition) is 7. The Labute approximate surface area is 228 Å². The lowest BCUT2D eigenvalue weighted by atomic mass is 9.75. The zero-order valence-electron chi connectivity index (χ0n) is 22.3. The number of carbonyl (C=O) groups is 2. The molecule has 3 aromatic carbocycles. The normalized spacial score (nSPS) is 18.8. The highest BCUT2D eigenvalue weighted by molar-refractivity contribution is 7.89. The van der Waals surface area contributed by atoms with Gasteiger partial charge >= 0.3 is 11.9 Å². The lowest BCUT2D eigenvalue weighted by Crippen LogP contribution is -2.47. The van der Waals surface area contributed by atoms with Crippen LogP contribution in [0.4, 0.5) is 0 Å². The van der Waals surface area contributed by atoms with Gasteiger partial charge in [-0.1, -0.05) is 66.7 Å². The van der Waals surface area contributed by atoms with E-state index in [1.807, 2.05) is 6.92 Å². The molecule has 1 saturated heterocycles. The van der Waals surface area contributed by atoms with Crippen molar-refractivity contribution in [2.75, 3.05) is 21.3 Å². The molecule has 0 unspecified atom stereocenters.